The highest BCUT2D eigenvalue weighted by Crippen LogP contribution is 2.55. The fraction of sp³-hybridized carbons (Fsp3) is 1.00. The van der Waals surface area contributed by atoms with E-state index in [4.69, 9.17) is 0 Å². The minimum Gasteiger partial charge on any atom is -0.390 e. The average molecular weight is 152 g/mol. The summed E-state index contributed by atoms with van der Waals surface area (Å²) in [4.78, 5) is 0. The van der Waals surface area contributed by atoms with Gasteiger partial charge in [-0.3, -0.25) is 0 Å². The van der Waals surface area contributed by atoms with E-state index in [2.05, 4.69) is 0 Å². The smallest absolute Gasteiger partial charge is 0.0655 e. The molecule has 0 aromatic rings. The molecule has 4 fully saturated rings. The van der Waals surface area contributed by atoms with Crippen molar-refractivity contribution >= 4 is 0 Å². The Labute approximate surface area is 67.8 Å². The SMILES string of the molecule is O[C@]12C[C@H]3C[C@H](C[C@H](C3)C1)C2. The first-order chi connectivity index (χ1) is 5.23. The topological polar surface area (TPSA) is 20.2 Å². The van der Waals surface area contributed by atoms with Crippen LogP contribution >= 0.6 is 0 Å². The van der Waals surface area contributed by atoms with Crippen molar-refractivity contribution in [3.05, 3.63) is 0 Å². The zero-order chi connectivity index (χ0) is 7.47. The molecule has 11 heavy (non-hydrogen) atoms. The molecule has 4 rings (SSSR count). The van der Waals surface area contributed by atoms with Gasteiger partial charge in [0.25, 0.3) is 0 Å². The van der Waals surface area contributed by atoms with Crippen LogP contribution in [0.3, 0.4) is 0 Å². The third kappa shape index (κ3) is 0.868. The normalized spacial score (nSPS) is 60.3. The molecule has 1 heteroatoms. The van der Waals surface area contributed by atoms with Crippen molar-refractivity contribution in [1.82, 2.24) is 0 Å². The molecule has 1 nitrogen and oxygen atoms in total. The van der Waals surface area contributed by atoms with Crippen LogP contribution in [0.15, 0.2) is 0 Å². The van der Waals surface area contributed by atoms with Gasteiger partial charge in [-0.25, -0.2) is 0 Å². The third-order valence-corrected chi connectivity index (χ3v) is 4.01. The van der Waals surface area contributed by atoms with Crippen molar-refractivity contribution in [3.63, 3.8) is 0 Å². The average Bonchev–Trinajstić information content (AvgIpc) is 1.79. The van der Waals surface area contributed by atoms with E-state index in [1.165, 1.54) is 19.3 Å². The third-order valence-electron chi connectivity index (χ3n) is 4.01. The van der Waals surface area contributed by atoms with Crippen LogP contribution < -0.4 is 0 Å². The van der Waals surface area contributed by atoms with E-state index in [1.54, 1.807) is 0 Å². The zero-order valence-corrected chi connectivity index (χ0v) is 6.92. The second kappa shape index (κ2) is 1.82. The quantitative estimate of drug-likeness (QED) is 0.562. The Bertz CT molecular complexity index is 150. The van der Waals surface area contributed by atoms with Crippen molar-refractivity contribution in [2.24, 2.45) is 17.8 Å². The summed E-state index contributed by atoms with van der Waals surface area (Å²) in [6.07, 6.45) is 7.66. The summed E-state index contributed by atoms with van der Waals surface area (Å²) in [5.41, 5.74) is -0.200. The van der Waals surface area contributed by atoms with Gasteiger partial charge in [-0.15, -0.1) is 0 Å². The second-order valence-corrected chi connectivity index (χ2v) is 5.14. The lowest BCUT2D eigenvalue weighted by Gasteiger charge is -2.54. The minimum atomic E-state index is -0.200. The molecule has 1 N–H and O–H groups in total. The summed E-state index contributed by atoms with van der Waals surface area (Å²) in [6.45, 7) is 0. The van der Waals surface area contributed by atoms with Gasteiger partial charge in [0.05, 0.1) is 5.60 Å². The Morgan fingerprint density at radius 3 is 1.45 bits per heavy atom. The van der Waals surface area contributed by atoms with Crippen molar-refractivity contribution in [1.29, 1.82) is 0 Å². The van der Waals surface area contributed by atoms with E-state index in [0.29, 0.717) is 0 Å². The van der Waals surface area contributed by atoms with Gasteiger partial charge in [-0.2, -0.15) is 0 Å². The molecule has 4 bridgehead atoms. The van der Waals surface area contributed by atoms with Gasteiger partial charge >= 0.3 is 0 Å². The molecule has 4 saturated carbocycles. The molecule has 0 spiro atoms. The fourth-order valence-electron chi connectivity index (χ4n) is 4.06. The lowest BCUT2D eigenvalue weighted by Crippen LogP contribution is -2.50. The summed E-state index contributed by atoms with van der Waals surface area (Å²) < 4.78 is 0. The molecule has 0 amide bonds. The summed E-state index contributed by atoms with van der Waals surface area (Å²) in [5, 5.41) is 10.1. The largest absolute Gasteiger partial charge is 0.390 e. The number of aliphatic hydroxyl groups is 1. The molecule has 4 aliphatic carbocycles. The van der Waals surface area contributed by atoms with Gasteiger partial charge in [-0.05, 0) is 56.3 Å². The summed E-state index contributed by atoms with van der Waals surface area (Å²) in [7, 11) is 0. The molecule has 0 aromatic carbocycles. The molecule has 0 aromatic heterocycles. The summed E-state index contributed by atoms with van der Waals surface area (Å²) >= 11 is 0. The minimum absolute atomic E-state index is 0.200. The molecule has 0 aliphatic heterocycles. The van der Waals surface area contributed by atoms with Crippen LogP contribution in [0.1, 0.15) is 38.5 Å². The predicted octanol–water partition coefficient (Wildman–Crippen LogP) is 1.95. The van der Waals surface area contributed by atoms with Crippen LogP contribution in [0.25, 0.3) is 0 Å². The molecule has 0 heterocycles. The molecule has 62 valence electrons. The van der Waals surface area contributed by atoms with Crippen molar-refractivity contribution in [2.45, 2.75) is 44.1 Å². The van der Waals surface area contributed by atoms with E-state index in [-0.39, 0.29) is 5.60 Å². The Balaban J connectivity index is 1.94. The molecule has 0 unspecified atom stereocenters. The molecule has 0 saturated heterocycles. The van der Waals surface area contributed by atoms with Crippen molar-refractivity contribution in [3.8, 4) is 0 Å². The maximum atomic E-state index is 10.1. The van der Waals surface area contributed by atoms with Crippen LogP contribution in [-0.2, 0) is 0 Å². The molecule has 0 atom stereocenters. The monoisotopic (exact) mass is 152 g/mol. The summed E-state index contributed by atoms with van der Waals surface area (Å²) in [6, 6.07) is 0. The Kier molecular flexibility index (Phi) is 1.07. The Morgan fingerprint density at radius 1 is 0.818 bits per heavy atom. The second-order valence-electron chi connectivity index (χ2n) is 5.14. The number of rotatable bonds is 0. The lowest BCUT2D eigenvalue weighted by molar-refractivity contribution is -0.124. The van der Waals surface area contributed by atoms with Crippen LogP contribution in [0.4, 0.5) is 0 Å². The highest BCUT2D eigenvalue weighted by atomic mass is 16.3. The first-order valence-electron chi connectivity index (χ1n) is 4.96. The number of hydrogen-bond acceptors (Lipinski definition) is 1. The van der Waals surface area contributed by atoms with Crippen LogP contribution in [0.5, 0.6) is 0 Å². The van der Waals surface area contributed by atoms with E-state index < -0.39 is 0 Å². The Morgan fingerprint density at radius 2 is 1.18 bits per heavy atom. The highest BCUT2D eigenvalue weighted by Gasteiger charge is 2.49. The van der Waals surface area contributed by atoms with Gasteiger partial charge in [0.2, 0.25) is 0 Å². The predicted molar refractivity (Wildman–Crippen MR) is 43.1 cm³/mol. The van der Waals surface area contributed by atoms with E-state index >= 15 is 0 Å². The van der Waals surface area contributed by atoms with Crippen LogP contribution in [0.2, 0.25) is 0 Å². The Hall–Kier alpha value is -0.0400. The standard InChI is InChI=1S/C10H16O/c11-10-4-7-1-8(5-10)3-9(2-7)6-10/h7-9,11H,1-6H2/t7-,8+,9-,10-. The van der Waals surface area contributed by atoms with Crippen molar-refractivity contribution < 1.29 is 5.11 Å². The molecule has 0 radical (unpaired) electrons. The van der Waals surface area contributed by atoms with Crippen LogP contribution in [-0.4, -0.2) is 10.7 Å². The number of hydrogen-bond donors (Lipinski definition) is 1. The molecular weight excluding hydrogens is 136 g/mol. The van der Waals surface area contributed by atoms with Gasteiger partial charge in [-0.1, -0.05) is 0 Å². The van der Waals surface area contributed by atoms with E-state index in [9.17, 15) is 5.11 Å². The van der Waals surface area contributed by atoms with Crippen molar-refractivity contribution in [2.75, 3.05) is 0 Å². The zero-order valence-electron chi connectivity index (χ0n) is 6.92. The summed E-state index contributed by atoms with van der Waals surface area (Å²) in [5.74, 6) is 2.68. The van der Waals surface area contributed by atoms with Gasteiger partial charge < -0.3 is 5.11 Å². The first kappa shape index (κ1) is 6.47. The fourth-order valence-corrected chi connectivity index (χ4v) is 4.06. The first-order valence-corrected chi connectivity index (χ1v) is 4.96. The van der Waals surface area contributed by atoms with Gasteiger partial charge in [0, 0.05) is 0 Å². The van der Waals surface area contributed by atoms with Gasteiger partial charge in [0.1, 0.15) is 0 Å². The highest BCUT2D eigenvalue weighted by molar-refractivity contribution is 5.01. The lowest BCUT2D eigenvalue weighted by atomic mass is 9.54. The maximum absolute atomic E-state index is 10.1. The van der Waals surface area contributed by atoms with Gasteiger partial charge in [0.15, 0.2) is 0 Å². The van der Waals surface area contributed by atoms with E-state index in [0.717, 1.165) is 37.0 Å². The van der Waals surface area contributed by atoms with E-state index in [1.807, 2.05) is 0 Å². The maximum Gasteiger partial charge on any atom is 0.0655 e. The molecular formula is C10H16O. The van der Waals surface area contributed by atoms with Crippen LogP contribution in [0, 0.1) is 17.8 Å². The molecule has 4 aliphatic rings.